The summed E-state index contributed by atoms with van der Waals surface area (Å²) in [7, 11) is 0. The molecule has 0 atom stereocenters. The molecule has 0 radical (unpaired) electrons. The lowest BCUT2D eigenvalue weighted by molar-refractivity contribution is 0.340. The van der Waals surface area contributed by atoms with Crippen LogP contribution in [-0.4, -0.2) is 6.61 Å². The molecule has 2 aromatic carbocycles. The van der Waals surface area contributed by atoms with Crippen molar-refractivity contribution in [1.82, 2.24) is 0 Å². The zero-order valence-corrected chi connectivity index (χ0v) is 11.9. The van der Waals surface area contributed by atoms with Gasteiger partial charge in [0.25, 0.3) is 0 Å². The lowest BCUT2D eigenvalue weighted by Gasteiger charge is -2.02. The highest BCUT2D eigenvalue weighted by atomic mass is 35.5. The van der Waals surface area contributed by atoms with E-state index in [4.69, 9.17) is 16.2 Å². The van der Waals surface area contributed by atoms with E-state index in [1.165, 1.54) is 0 Å². The Bertz CT molecular complexity index is 584. The number of ether oxygens (including phenoxy) is 1. The molecule has 2 rings (SSSR count). The molecule has 0 saturated heterocycles. The monoisotopic (exact) mass is 292 g/mol. The fourth-order valence-corrected chi connectivity index (χ4v) is 1.55. The standard InChI is InChI=1S/C14H16N4O.ClH/c1-2-19-12-6-4-11(5-7-12)17-18-14-8-3-10(15)9-13(14)16;/h3-9H,2,15-16H2,1H3;1H. The number of nitrogens with two attached hydrogens (primary N) is 2. The van der Waals surface area contributed by atoms with Crippen molar-refractivity contribution in [3.05, 3.63) is 42.5 Å². The number of halogens is 1. The van der Waals surface area contributed by atoms with Crippen molar-refractivity contribution >= 4 is 35.2 Å². The predicted molar refractivity (Wildman–Crippen MR) is 84.3 cm³/mol. The van der Waals surface area contributed by atoms with Crippen LogP contribution in [0.2, 0.25) is 0 Å². The van der Waals surface area contributed by atoms with E-state index in [2.05, 4.69) is 10.2 Å². The molecule has 4 N–H and O–H groups in total. The summed E-state index contributed by atoms with van der Waals surface area (Å²) in [6.45, 7) is 2.58. The highest BCUT2D eigenvalue weighted by Gasteiger charge is 1.98. The van der Waals surface area contributed by atoms with Gasteiger partial charge in [-0.1, -0.05) is 0 Å². The van der Waals surface area contributed by atoms with Crippen molar-refractivity contribution in [2.45, 2.75) is 6.92 Å². The molecule has 0 heterocycles. The molecule has 0 spiro atoms. The van der Waals surface area contributed by atoms with Gasteiger partial charge in [-0.2, -0.15) is 5.11 Å². The van der Waals surface area contributed by atoms with Crippen LogP contribution in [0.25, 0.3) is 0 Å². The molecule has 0 amide bonds. The van der Waals surface area contributed by atoms with Gasteiger partial charge in [0.05, 0.1) is 18.0 Å². The van der Waals surface area contributed by atoms with E-state index in [1.54, 1.807) is 18.2 Å². The van der Waals surface area contributed by atoms with Gasteiger partial charge in [0.2, 0.25) is 0 Å². The normalized spacial score (nSPS) is 10.2. The Labute approximate surface area is 124 Å². The number of azo groups is 1. The first kappa shape index (κ1) is 15.8. The van der Waals surface area contributed by atoms with Crippen LogP contribution in [0.5, 0.6) is 5.75 Å². The molecule has 20 heavy (non-hydrogen) atoms. The van der Waals surface area contributed by atoms with E-state index in [-0.39, 0.29) is 12.4 Å². The maximum Gasteiger partial charge on any atom is 0.119 e. The Balaban J connectivity index is 0.00000200. The zero-order valence-electron chi connectivity index (χ0n) is 11.1. The van der Waals surface area contributed by atoms with Crippen LogP contribution in [0.15, 0.2) is 52.7 Å². The SMILES string of the molecule is CCOc1ccc(N=Nc2ccc(N)cc2N)cc1.Cl. The lowest BCUT2D eigenvalue weighted by Crippen LogP contribution is -1.90. The van der Waals surface area contributed by atoms with Crippen LogP contribution in [0.3, 0.4) is 0 Å². The van der Waals surface area contributed by atoms with E-state index in [0.29, 0.717) is 23.7 Å². The minimum absolute atomic E-state index is 0. The second-order valence-electron chi connectivity index (χ2n) is 3.95. The fraction of sp³-hybridized carbons (Fsp3) is 0.143. The largest absolute Gasteiger partial charge is 0.494 e. The first-order chi connectivity index (χ1) is 9.19. The first-order valence-electron chi connectivity index (χ1n) is 5.98. The summed E-state index contributed by atoms with van der Waals surface area (Å²) < 4.78 is 5.35. The van der Waals surface area contributed by atoms with Crippen molar-refractivity contribution in [2.75, 3.05) is 18.1 Å². The van der Waals surface area contributed by atoms with Crippen LogP contribution in [0, 0.1) is 0 Å². The Morgan fingerprint density at radius 3 is 2.30 bits per heavy atom. The highest BCUT2D eigenvalue weighted by Crippen LogP contribution is 2.26. The van der Waals surface area contributed by atoms with Crippen molar-refractivity contribution in [3.63, 3.8) is 0 Å². The number of hydrogen-bond donors (Lipinski definition) is 2. The van der Waals surface area contributed by atoms with Crippen LogP contribution in [0.4, 0.5) is 22.7 Å². The van der Waals surface area contributed by atoms with E-state index in [9.17, 15) is 0 Å². The molecule has 2 aromatic rings. The minimum Gasteiger partial charge on any atom is -0.494 e. The van der Waals surface area contributed by atoms with Crippen LogP contribution in [0.1, 0.15) is 6.92 Å². The predicted octanol–water partition coefficient (Wildman–Crippen LogP) is 4.09. The van der Waals surface area contributed by atoms with Crippen molar-refractivity contribution < 1.29 is 4.74 Å². The summed E-state index contributed by atoms with van der Waals surface area (Å²) >= 11 is 0. The maximum absolute atomic E-state index is 5.80. The smallest absolute Gasteiger partial charge is 0.119 e. The number of anilines is 2. The molecule has 5 nitrogen and oxygen atoms in total. The minimum atomic E-state index is 0. The molecule has 0 aliphatic rings. The van der Waals surface area contributed by atoms with E-state index in [0.717, 1.165) is 11.4 Å². The fourth-order valence-electron chi connectivity index (χ4n) is 1.55. The van der Waals surface area contributed by atoms with Gasteiger partial charge in [0, 0.05) is 5.69 Å². The lowest BCUT2D eigenvalue weighted by atomic mass is 10.2. The second-order valence-corrected chi connectivity index (χ2v) is 3.95. The molecule has 0 bridgehead atoms. The van der Waals surface area contributed by atoms with Gasteiger partial charge in [0.1, 0.15) is 11.4 Å². The van der Waals surface area contributed by atoms with Gasteiger partial charge in [0.15, 0.2) is 0 Å². The van der Waals surface area contributed by atoms with Gasteiger partial charge in [-0.3, -0.25) is 0 Å². The summed E-state index contributed by atoms with van der Waals surface area (Å²) in [5.41, 5.74) is 13.9. The van der Waals surface area contributed by atoms with Gasteiger partial charge in [-0.25, -0.2) is 0 Å². The molecular formula is C14H17ClN4O. The molecule has 106 valence electrons. The summed E-state index contributed by atoms with van der Waals surface area (Å²) in [6.07, 6.45) is 0. The molecule has 6 heteroatoms. The third kappa shape index (κ3) is 4.13. The number of benzene rings is 2. The zero-order chi connectivity index (χ0) is 13.7. The van der Waals surface area contributed by atoms with Gasteiger partial charge >= 0.3 is 0 Å². The van der Waals surface area contributed by atoms with Crippen molar-refractivity contribution in [2.24, 2.45) is 10.2 Å². The third-order valence-electron chi connectivity index (χ3n) is 2.47. The Morgan fingerprint density at radius 2 is 1.70 bits per heavy atom. The summed E-state index contributed by atoms with van der Waals surface area (Å²) in [5.74, 6) is 0.813. The van der Waals surface area contributed by atoms with E-state index >= 15 is 0 Å². The van der Waals surface area contributed by atoms with Gasteiger partial charge in [-0.05, 0) is 49.4 Å². The molecule has 0 unspecified atom stereocenters. The summed E-state index contributed by atoms with van der Waals surface area (Å²) in [4.78, 5) is 0. The highest BCUT2D eigenvalue weighted by molar-refractivity contribution is 5.85. The topological polar surface area (TPSA) is 86.0 Å². The van der Waals surface area contributed by atoms with Crippen molar-refractivity contribution in [3.8, 4) is 5.75 Å². The molecule has 0 aliphatic carbocycles. The third-order valence-corrected chi connectivity index (χ3v) is 2.47. The van der Waals surface area contributed by atoms with Crippen LogP contribution in [-0.2, 0) is 0 Å². The summed E-state index contributed by atoms with van der Waals surface area (Å²) in [6, 6.07) is 12.5. The number of rotatable bonds is 4. The number of hydrogen-bond acceptors (Lipinski definition) is 5. The Kier molecular flexibility index (Phi) is 5.80. The molecule has 0 aromatic heterocycles. The summed E-state index contributed by atoms with van der Waals surface area (Å²) in [5, 5.41) is 8.21. The molecule has 0 fully saturated rings. The second kappa shape index (κ2) is 7.35. The molecule has 0 aliphatic heterocycles. The maximum atomic E-state index is 5.80. The quantitative estimate of drug-likeness (QED) is 0.657. The molecule has 0 saturated carbocycles. The average molecular weight is 293 g/mol. The number of nitrogen functional groups attached to an aromatic ring is 2. The number of nitrogens with zero attached hydrogens (tertiary/aromatic N) is 2. The van der Waals surface area contributed by atoms with Gasteiger partial charge < -0.3 is 16.2 Å². The van der Waals surface area contributed by atoms with E-state index < -0.39 is 0 Å². The molecular weight excluding hydrogens is 276 g/mol. The van der Waals surface area contributed by atoms with Crippen LogP contribution >= 0.6 is 12.4 Å². The Hall–Kier alpha value is -2.27. The van der Waals surface area contributed by atoms with Gasteiger partial charge in [-0.15, -0.1) is 17.5 Å². The average Bonchev–Trinajstić information content (AvgIpc) is 2.40. The van der Waals surface area contributed by atoms with Crippen molar-refractivity contribution in [1.29, 1.82) is 0 Å². The van der Waals surface area contributed by atoms with Crippen LogP contribution < -0.4 is 16.2 Å². The first-order valence-corrected chi connectivity index (χ1v) is 5.98. The van der Waals surface area contributed by atoms with E-state index in [1.807, 2.05) is 31.2 Å². The Morgan fingerprint density at radius 1 is 1.00 bits per heavy atom.